The molecule has 0 heterocycles. The van der Waals surface area contributed by atoms with Crippen molar-refractivity contribution in [3.05, 3.63) is 27.7 Å². The zero-order valence-corrected chi connectivity index (χ0v) is 15.3. The normalized spacial score (nSPS) is 23.5. The van der Waals surface area contributed by atoms with Crippen LogP contribution in [0.15, 0.2) is 27.6 Å². The summed E-state index contributed by atoms with van der Waals surface area (Å²) in [5.41, 5.74) is 0. The van der Waals surface area contributed by atoms with Gasteiger partial charge in [-0.25, -0.2) is 8.42 Å². The Morgan fingerprint density at radius 3 is 2.43 bits per heavy atom. The van der Waals surface area contributed by atoms with Crippen LogP contribution in [0.2, 0.25) is 5.02 Å². The number of hydrogen-bond acceptors (Lipinski definition) is 3. The first-order valence-electron chi connectivity index (χ1n) is 6.96. The van der Waals surface area contributed by atoms with Crippen LogP contribution in [0.5, 0.6) is 0 Å². The Hall–Kier alpha value is -0.140. The SMILES string of the molecule is CNC1CCC(N(C)S(=O)(=O)c2ccc(Br)cc2Cl)CC1. The fraction of sp³-hybridized carbons (Fsp3) is 0.571. The van der Waals surface area contributed by atoms with E-state index in [0.29, 0.717) is 6.04 Å². The molecule has 0 atom stereocenters. The molecule has 0 aromatic heterocycles. The number of sulfonamides is 1. The fourth-order valence-corrected chi connectivity index (χ4v) is 5.19. The first kappa shape index (κ1) is 17.2. The molecular weight excluding hydrogens is 376 g/mol. The van der Waals surface area contributed by atoms with Gasteiger partial charge in [-0.05, 0) is 50.9 Å². The highest BCUT2D eigenvalue weighted by molar-refractivity contribution is 9.10. The summed E-state index contributed by atoms with van der Waals surface area (Å²) in [6, 6.07) is 5.40. The molecule has 1 aromatic rings. The summed E-state index contributed by atoms with van der Waals surface area (Å²) in [6.07, 6.45) is 3.73. The van der Waals surface area contributed by atoms with E-state index in [9.17, 15) is 8.42 Å². The smallest absolute Gasteiger partial charge is 0.244 e. The van der Waals surface area contributed by atoms with Crippen LogP contribution in [0.25, 0.3) is 0 Å². The van der Waals surface area contributed by atoms with E-state index in [-0.39, 0.29) is 16.0 Å². The summed E-state index contributed by atoms with van der Waals surface area (Å²) in [6.45, 7) is 0. The molecule has 0 aliphatic heterocycles. The number of nitrogens with zero attached hydrogens (tertiary/aromatic N) is 1. The summed E-state index contributed by atoms with van der Waals surface area (Å²) in [4.78, 5) is 0.172. The lowest BCUT2D eigenvalue weighted by Crippen LogP contribution is -2.42. The number of benzene rings is 1. The van der Waals surface area contributed by atoms with E-state index < -0.39 is 10.0 Å². The van der Waals surface area contributed by atoms with Gasteiger partial charge in [-0.1, -0.05) is 27.5 Å². The van der Waals surface area contributed by atoms with Crippen molar-refractivity contribution in [2.45, 2.75) is 42.7 Å². The predicted octanol–water partition coefficient (Wildman–Crippen LogP) is 3.25. The first-order chi connectivity index (χ1) is 9.86. The zero-order valence-electron chi connectivity index (χ0n) is 12.1. The van der Waals surface area contributed by atoms with Crippen LogP contribution >= 0.6 is 27.5 Å². The molecule has 1 aromatic carbocycles. The first-order valence-corrected chi connectivity index (χ1v) is 9.57. The monoisotopic (exact) mass is 394 g/mol. The van der Waals surface area contributed by atoms with Gasteiger partial charge in [0.2, 0.25) is 10.0 Å². The van der Waals surface area contributed by atoms with Crippen molar-refractivity contribution < 1.29 is 8.42 Å². The van der Waals surface area contributed by atoms with Crippen LogP contribution in [0.3, 0.4) is 0 Å². The van der Waals surface area contributed by atoms with Crippen LogP contribution in [0, 0.1) is 0 Å². The molecule has 4 nitrogen and oxygen atoms in total. The minimum atomic E-state index is -3.55. The van der Waals surface area contributed by atoms with Gasteiger partial charge in [0.05, 0.1) is 5.02 Å². The zero-order chi connectivity index (χ0) is 15.6. The molecule has 1 aliphatic rings. The number of rotatable bonds is 4. The molecule has 1 saturated carbocycles. The number of hydrogen-bond donors (Lipinski definition) is 1. The van der Waals surface area contributed by atoms with E-state index in [1.165, 1.54) is 4.31 Å². The molecule has 1 N–H and O–H groups in total. The van der Waals surface area contributed by atoms with Gasteiger partial charge in [0.15, 0.2) is 0 Å². The molecule has 1 aliphatic carbocycles. The highest BCUT2D eigenvalue weighted by Crippen LogP contribution is 2.31. The van der Waals surface area contributed by atoms with Gasteiger partial charge in [-0.3, -0.25) is 0 Å². The predicted molar refractivity (Wildman–Crippen MR) is 89.2 cm³/mol. The standard InChI is InChI=1S/C14H20BrClN2O2S/c1-17-11-4-6-12(7-5-11)18(2)21(19,20)14-8-3-10(15)9-13(14)16/h3,8-9,11-12,17H,4-7H2,1-2H3. The average Bonchev–Trinajstić information content (AvgIpc) is 2.46. The summed E-state index contributed by atoms with van der Waals surface area (Å²) >= 11 is 9.39. The maximum absolute atomic E-state index is 12.7. The van der Waals surface area contributed by atoms with E-state index in [4.69, 9.17) is 11.6 Å². The lowest BCUT2D eigenvalue weighted by Gasteiger charge is -2.34. The molecule has 0 bridgehead atoms. The maximum atomic E-state index is 12.7. The Kier molecular flexibility index (Phi) is 5.71. The van der Waals surface area contributed by atoms with Crippen molar-refractivity contribution in [2.24, 2.45) is 0 Å². The molecule has 0 radical (unpaired) electrons. The van der Waals surface area contributed by atoms with Gasteiger partial charge < -0.3 is 5.32 Å². The molecule has 21 heavy (non-hydrogen) atoms. The van der Waals surface area contributed by atoms with Crippen molar-refractivity contribution in [2.75, 3.05) is 14.1 Å². The minimum absolute atomic E-state index is 0.0410. The lowest BCUT2D eigenvalue weighted by molar-refractivity contribution is 0.255. The third-order valence-corrected chi connectivity index (χ3v) is 7.06. The lowest BCUT2D eigenvalue weighted by atomic mass is 9.91. The molecule has 0 spiro atoms. The van der Waals surface area contributed by atoms with Gasteiger partial charge in [-0.15, -0.1) is 0 Å². The summed E-state index contributed by atoms with van der Waals surface area (Å²) in [5.74, 6) is 0. The minimum Gasteiger partial charge on any atom is -0.317 e. The fourth-order valence-electron chi connectivity index (χ4n) is 2.76. The maximum Gasteiger partial charge on any atom is 0.244 e. The summed E-state index contributed by atoms with van der Waals surface area (Å²) in [7, 11) is 0.0522. The second-order valence-electron chi connectivity index (χ2n) is 5.39. The summed E-state index contributed by atoms with van der Waals surface area (Å²) < 4.78 is 27.7. The van der Waals surface area contributed by atoms with Crippen molar-refractivity contribution in [3.8, 4) is 0 Å². The Balaban J connectivity index is 2.19. The van der Waals surface area contributed by atoms with Crippen LogP contribution in [-0.2, 0) is 10.0 Å². The topological polar surface area (TPSA) is 49.4 Å². The van der Waals surface area contributed by atoms with Crippen molar-refractivity contribution >= 4 is 37.6 Å². The van der Waals surface area contributed by atoms with Crippen LogP contribution in [-0.4, -0.2) is 38.9 Å². The van der Waals surface area contributed by atoms with E-state index in [0.717, 1.165) is 30.2 Å². The third kappa shape index (κ3) is 3.79. The highest BCUT2D eigenvalue weighted by Gasteiger charge is 2.32. The Morgan fingerprint density at radius 2 is 1.90 bits per heavy atom. The van der Waals surface area contributed by atoms with E-state index in [1.54, 1.807) is 25.2 Å². The van der Waals surface area contributed by atoms with Crippen LogP contribution in [0.4, 0.5) is 0 Å². The largest absolute Gasteiger partial charge is 0.317 e. The van der Waals surface area contributed by atoms with Gasteiger partial charge >= 0.3 is 0 Å². The second-order valence-corrected chi connectivity index (χ2v) is 8.68. The average molecular weight is 396 g/mol. The van der Waals surface area contributed by atoms with Gasteiger partial charge in [0.25, 0.3) is 0 Å². The molecule has 118 valence electrons. The molecule has 7 heteroatoms. The Labute approximate surface area is 140 Å². The molecule has 0 saturated heterocycles. The number of nitrogens with one attached hydrogen (secondary N) is 1. The van der Waals surface area contributed by atoms with Crippen LogP contribution in [0.1, 0.15) is 25.7 Å². The van der Waals surface area contributed by atoms with Crippen molar-refractivity contribution in [3.63, 3.8) is 0 Å². The molecule has 0 amide bonds. The highest BCUT2D eigenvalue weighted by atomic mass is 79.9. The third-order valence-electron chi connectivity index (χ3n) is 4.17. The Morgan fingerprint density at radius 1 is 1.29 bits per heavy atom. The quantitative estimate of drug-likeness (QED) is 0.851. The Bertz CT molecular complexity index is 601. The van der Waals surface area contributed by atoms with Gasteiger partial charge in [0, 0.05) is 23.6 Å². The van der Waals surface area contributed by atoms with Gasteiger partial charge in [0.1, 0.15) is 4.90 Å². The molecule has 0 unspecified atom stereocenters. The van der Waals surface area contributed by atoms with Crippen molar-refractivity contribution in [1.82, 2.24) is 9.62 Å². The summed E-state index contributed by atoms with van der Waals surface area (Å²) in [5, 5.41) is 3.50. The van der Waals surface area contributed by atoms with Gasteiger partial charge in [-0.2, -0.15) is 4.31 Å². The number of halogens is 2. The van der Waals surface area contributed by atoms with Crippen molar-refractivity contribution in [1.29, 1.82) is 0 Å². The molecule has 2 rings (SSSR count). The van der Waals surface area contributed by atoms with E-state index >= 15 is 0 Å². The molecule has 1 fully saturated rings. The second kappa shape index (κ2) is 6.96. The molecular formula is C14H20BrClN2O2S. The van der Waals surface area contributed by atoms with Crippen LogP contribution < -0.4 is 5.32 Å². The van der Waals surface area contributed by atoms with E-state index in [1.807, 2.05) is 7.05 Å². The van der Waals surface area contributed by atoms with E-state index in [2.05, 4.69) is 21.2 Å².